The summed E-state index contributed by atoms with van der Waals surface area (Å²) in [5.74, 6) is -1.90. The molecular formula is C21H14Cl4N2O8S2. The van der Waals surface area contributed by atoms with Crippen LogP contribution in [0.15, 0.2) is 85.9 Å². The van der Waals surface area contributed by atoms with Gasteiger partial charge in [0, 0.05) is 32.2 Å². The van der Waals surface area contributed by atoms with Crippen LogP contribution in [0.25, 0.3) is 0 Å². The number of furan rings is 2. The van der Waals surface area contributed by atoms with E-state index in [1.165, 1.54) is 61.1 Å². The van der Waals surface area contributed by atoms with Crippen LogP contribution in [0.2, 0.25) is 20.1 Å². The maximum absolute atomic E-state index is 12.1. The van der Waals surface area contributed by atoms with Gasteiger partial charge in [0.2, 0.25) is 5.76 Å². The number of nitrogens with one attached hydrogen (secondary N) is 2. The lowest BCUT2D eigenvalue weighted by molar-refractivity contribution is 0.0664. The first-order chi connectivity index (χ1) is 17.3. The Morgan fingerprint density at radius 1 is 0.730 bits per heavy atom. The largest absolute Gasteiger partial charge is 0.475 e. The molecule has 37 heavy (non-hydrogen) atoms. The molecule has 10 nitrogen and oxygen atoms in total. The predicted octanol–water partition coefficient (Wildman–Crippen LogP) is 6.47. The number of hydrogen-bond acceptors (Lipinski definition) is 7. The topological polar surface area (TPSA) is 156 Å². The van der Waals surface area contributed by atoms with E-state index in [9.17, 15) is 21.6 Å². The highest BCUT2D eigenvalue weighted by molar-refractivity contribution is 7.93. The van der Waals surface area contributed by atoms with Crippen molar-refractivity contribution in [3.8, 4) is 0 Å². The fraction of sp³-hybridized carbons (Fsp3) is 0. The number of carboxylic acid groups (broad SMARTS) is 1. The molecule has 0 aliphatic carbocycles. The van der Waals surface area contributed by atoms with Crippen molar-refractivity contribution in [3.63, 3.8) is 0 Å². The highest BCUT2D eigenvalue weighted by Crippen LogP contribution is 2.26. The van der Waals surface area contributed by atoms with E-state index in [2.05, 4.69) is 13.9 Å². The zero-order valence-electron chi connectivity index (χ0n) is 18.0. The lowest BCUT2D eigenvalue weighted by atomic mass is 10.4. The van der Waals surface area contributed by atoms with E-state index < -0.39 is 31.8 Å². The van der Waals surface area contributed by atoms with E-state index in [1.807, 2.05) is 0 Å². The molecule has 0 bridgehead atoms. The van der Waals surface area contributed by atoms with Gasteiger partial charge in [-0.15, -0.1) is 0 Å². The highest BCUT2D eigenvalue weighted by atomic mass is 35.5. The minimum absolute atomic E-state index is 0.00352. The monoisotopic (exact) mass is 626 g/mol. The molecule has 0 saturated heterocycles. The summed E-state index contributed by atoms with van der Waals surface area (Å²) in [6, 6.07) is 10.5. The number of sulfonamides is 2. The summed E-state index contributed by atoms with van der Waals surface area (Å²) in [4.78, 5) is 10.7. The van der Waals surface area contributed by atoms with Gasteiger partial charge in [-0.3, -0.25) is 9.44 Å². The van der Waals surface area contributed by atoms with Crippen LogP contribution in [0, 0.1) is 0 Å². The molecule has 4 aromatic rings. The SMILES string of the molecule is O=C(O)c1occc1NS(=O)(=O)c1cc(Cl)cc(Cl)c1.O=S(=O)(Nc1ccoc1)c1cc(Cl)cc(Cl)c1. The summed E-state index contributed by atoms with van der Waals surface area (Å²) in [5.41, 5.74) is 0.148. The molecule has 0 radical (unpaired) electrons. The van der Waals surface area contributed by atoms with Crippen LogP contribution in [0.1, 0.15) is 10.6 Å². The smallest absolute Gasteiger partial charge is 0.374 e. The Hall–Kier alpha value is -2.87. The average Bonchev–Trinajstić information content (AvgIpc) is 3.44. The van der Waals surface area contributed by atoms with Crippen molar-refractivity contribution in [2.75, 3.05) is 9.44 Å². The maximum Gasteiger partial charge on any atom is 0.374 e. The van der Waals surface area contributed by atoms with Crippen LogP contribution >= 0.6 is 46.4 Å². The molecule has 0 saturated carbocycles. The summed E-state index contributed by atoms with van der Waals surface area (Å²) in [6.45, 7) is 0. The second-order valence-electron chi connectivity index (χ2n) is 6.90. The van der Waals surface area contributed by atoms with Crippen molar-refractivity contribution in [2.24, 2.45) is 0 Å². The fourth-order valence-corrected chi connectivity index (χ4v) is 6.21. The Balaban J connectivity index is 0.000000208. The van der Waals surface area contributed by atoms with Crippen molar-refractivity contribution in [1.29, 1.82) is 0 Å². The van der Waals surface area contributed by atoms with E-state index >= 15 is 0 Å². The van der Waals surface area contributed by atoms with Crippen molar-refractivity contribution >= 4 is 83.8 Å². The van der Waals surface area contributed by atoms with Crippen molar-refractivity contribution < 1.29 is 35.6 Å². The summed E-state index contributed by atoms with van der Waals surface area (Å²) in [5, 5.41) is 9.63. The third-order valence-electron chi connectivity index (χ3n) is 4.17. The number of rotatable bonds is 7. The first-order valence-corrected chi connectivity index (χ1v) is 14.1. The molecule has 0 atom stereocenters. The second kappa shape index (κ2) is 11.7. The number of anilines is 2. The van der Waals surface area contributed by atoms with Crippen LogP contribution in [-0.2, 0) is 20.0 Å². The Morgan fingerprint density at radius 2 is 1.22 bits per heavy atom. The van der Waals surface area contributed by atoms with Gasteiger partial charge in [0.25, 0.3) is 20.0 Å². The lowest BCUT2D eigenvalue weighted by Gasteiger charge is -2.07. The molecule has 0 unspecified atom stereocenters. The number of benzene rings is 2. The van der Waals surface area contributed by atoms with Gasteiger partial charge >= 0.3 is 5.97 Å². The third-order valence-corrected chi connectivity index (χ3v) is 7.75. The normalized spacial score (nSPS) is 11.4. The van der Waals surface area contributed by atoms with E-state index in [4.69, 9.17) is 55.9 Å². The molecule has 0 aliphatic heterocycles. The minimum atomic E-state index is -4.03. The van der Waals surface area contributed by atoms with Gasteiger partial charge < -0.3 is 13.9 Å². The van der Waals surface area contributed by atoms with Crippen LogP contribution in [0.5, 0.6) is 0 Å². The molecule has 2 aromatic heterocycles. The molecule has 0 spiro atoms. The number of aromatic carboxylic acids is 1. The van der Waals surface area contributed by atoms with Crippen LogP contribution in [0.3, 0.4) is 0 Å². The molecule has 0 aliphatic rings. The van der Waals surface area contributed by atoms with Gasteiger partial charge in [-0.25, -0.2) is 21.6 Å². The van der Waals surface area contributed by atoms with E-state index in [-0.39, 0.29) is 35.6 Å². The molecule has 2 heterocycles. The van der Waals surface area contributed by atoms with Crippen molar-refractivity contribution in [2.45, 2.75) is 9.79 Å². The van der Waals surface area contributed by atoms with Gasteiger partial charge in [0.05, 0.1) is 28.0 Å². The fourth-order valence-electron chi connectivity index (χ4n) is 2.66. The third kappa shape index (κ3) is 7.81. The molecule has 4 rings (SSSR count). The van der Waals surface area contributed by atoms with Gasteiger partial charge in [0.15, 0.2) is 0 Å². The van der Waals surface area contributed by atoms with E-state index in [0.717, 1.165) is 6.26 Å². The first kappa shape index (κ1) is 28.7. The Morgan fingerprint density at radius 3 is 1.65 bits per heavy atom. The average molecular weight is 628 g/mol. The highest BCUT2D eigenvalue weighted by Gasteiger charge is 2.22. The number of halogens is 4. The Labute approximate surface area is 230 Å². The van der Waals surface area contributed by atoms with Crippen LogP contribution < -0.4 is 9.44 Å². The maximum atomic E-state index is 12.1. The van der Waals surface area contributed by atoms with Crippen molar-refractivity contribution in [1.82, 2.24) is 0 Å². The quantitative estimate of drug-likeness (QED) is 0.210. The predicted molar refractivity (Wildman–Crippen MR) is 139 cm³/mol. The van der Waals surface area contributed by atoms with Crippen molar-refractivity contribution in [3.05, 3.63) is 93.2 Å². The second-order valence-corrected chi connectivity index (χ2v) is 12.0. The molecule has 3 N–H and O–H groups in total. The number of carbonyl (C=O) groups is 1. The molecule has 2 aromatic carbocycles. The zero-order chi connectivity index (χ0) is 27.4. The number of hydrogen-bond donors (Lipinski definition) is 3. The van der Waals surface area contributed by atoms with Gasteiger partial charge in [0.1, 0.15) is 12.0 Å². The van der Waals surface area contributed by atoms with E-state index in [1.54, 1.807) is 0 Å². The van der Waals surface area contributed by atoms with Gasteiger partial charge in [-0.05, 0) is 36.4 Å². The van der Waals surface area contributed by atoms with E-state index in [0.29, 0.717) is 5.69 Å². The molecule has 196 valence electrons. The molecule has 0 fully saturated rings. The van der Waals surface area contributed by atoms with Crippen LogP contribution in [0.4, 0.5) is 11.4 Å². The Bertz CT molecular complexity index is 1600. The minimum Gasteiger partial charge on any atom is -0.475 e. The van der Waals surface area contributed by atoms with Gasteiger partial charge in [-0.2, -0.15) is 0 Å². The zero-order valence-corrected chi connectivity index (χ0v) is 22.6. The summed E-state index contributed by atoms with van der Waals surface area (Å²) in [7, 11) is -7.73. The number of carboxylic acids is 1. The summed E-state index contributed by atoms with van der Waals surface area (Å²) in [6.07, 6.45) is 3.71. The molecule has 0 amide bonds. The summed E-state index contributed by atoms with van der Waals surface area (Å²) >= 11 is 22.9. The summed E-state index contributed by atoms with van der Waals surface area (Å²) < 4.78 is 62.0. The van der Waals surface area contributed by atoms with Crippen LogP contribution in [-0.4, -0.2) is 27.9 Å². The Kier molecular flexibility index (Phi) is 9.05. The first-order valence-electron chi connectivity index (χ1n) is 9.57. The lowest BCUT2D eigenvalue weighted by Crippen LogP contribution is -2.14. The molecular weight excluding hydrogens is 614 g/mol. The van der Waals surface area contributed by atoms with Gasteiger partial charge in [-0.1, -0.05) is 46.4 Å². The standard InChI is InChI=1S/C11H7Cl2NO5S.C10H7Cl2NO3S/c12-6-3-7(13)5-8(4-6)20(17,18)14-9-1-2-19-10(9)11(15)16;11-7-3-8(12)5-10(4-7)17(14,15)13-9-1-2-16-6-9/h1-5,14H,(H,15,16);1-6,13H. The molecule has 16 heteroatoms.